The summed E-state index contributed by atoms with van der Waals surface area (Å²) < 4.78 is 5.61. The second-order valence-corrected chi connectivity index (χ2v) is 5.67. The van der Waals surface area contributed by atoms with Crippen LogP contribution in [0.15, 0.2) is 42.5 Å². The highest BCUT2D eigenvalue weighted by Gasteiger charge is 2.05. The lowest BCUT2D eigenvalue weighted by molar-refractivity contribution is -0.116. The number of nitrogens with one attached hydrogen (secondary N) is 3. The summed E-state index contributed by atoms with van der Waals surface area (Å²) in [4.78, 5) is 23.2. The van der Waals surface area contributed by atoms with Gasteiger partial charge in [-0.3, -0.25) is 4.79 Å². The lowest BCUT2D eigenvalue weighted by Crippen LogP contribution is -2.24. The van der Waals surface area contributed by atoms with Gasteiger partial charge in [0.05, 0.1) is 13.0 Å². The van der Waals surface area contributed by atoms with Crippen LogP contribution in [0.3, 0.4) is 0 Å². The average Bonchev–Trinajstić information content (AvgIpc) is 2.59. The minimum absolute atomic E-state index is 0.129. The Morgan fingerprint density at radius 1 is 0.920 bits per heavy atom. The Kier molecular flexibility index (Phi) is 6.39. The van der Waals surface area contributed by atoms with Crippen molar-refractivity contribution in [2.45, 2.75) is 20.3 Å². The predicted molar refractivity (Wildman–Crippen MR) is 99.2 cm³/mol. The molecule has 0 spiro atoms. The molecule has 132 valence electrons. The van der Waals surface area contributed by atoms with Crippen LogP contribution in [-0.2, 0) is 4.79 Å². The van der Waals surface area contributed by atoms with Crippen molar-refractivity contribution in [1.29, 1.82) is 0 Å². The Labute approximate surface area is 147 Å². The maximum atomic E-state index is 12.0. The molecule has 0 aliphatic heterocycles. The summed E-state index contributed by atoms with van der Waals surface area (Å²) in [5, 5.41) is 7.92. The molecule has 0 saturated carbocycles. The van der Waals surface area contributed by atoms with Gasteiger partial charge < -0.3 is 20.7 Å². The molecule has 6 nitrogen and oxygen atoms in total. The minimum atomic E-state index is -0.291. The summed E-state index contributed by atoms with van der Waals surface area (Å²) in [7, 11) is 1.55. The highest BCUT2D eigenvalue weighted by molar-refractivity contribution is 5.92. The molecule has 2 rings (SSSR count). The number of hydrogen-bond donors (Lipinski definition) is 3. The van der Waals surface area contributed by atoms with Crippen LogP contribution < -0.4 is 20.7 Å². The first-order valence-corrected chi connectivity index (χ1v) is 8.06. The van der Waals surface area contributed by atoms with Gasteiger partial charge in [0.2, 0.25) is 5.91 Å². The number of carbonyl (C=O) groups is 2. The van der Waals surface area contributed by atoms with Gasteiger partial charge in [0, 0.05) is 18.4 Å². The van der Waals surface area contributed by atoms with Crippen molar-refractivity contribution in [3.63, 3.8) is 0 Å². The van der Waals surface area contributed by atoms with E-state index in [0.29, 0.717) is 18.0 Å². The Hall–Kier alpha value is -3.02. The molecular formula is C19H23N3O3. The molecule has 0 atom stereocenters. The van der Waals surface area contributed by atoms with Crippen LogP contribution >= 0.6 is 0 Å². The van der Waals surface area contributed by atoms with E-state index >= 15 is 0 Å². The summed E-state index contributed by atoms with van der Waals surface area (Å²) in [5.41, 5.74) is 3.68. The average molecular weight is 341 g/mol. The zero-order chi connectivity index (χ0) is 18.2. The van der Waals surface area contributed by atoms with Crippen molar-refractivity contribution in [3.05, 3.63) is 53.6 Å². The van der Waals surface area contributed by atoms with Gasteiger partial charge in [-0.1, -0.05) is 6.07 Å². The lowest BCUT2D eigenvalue weighted by atomic mass is 10.1. The number of carbonyl (C=O) groups excluding carboxylic acids is 2. The molecular weight excluding hydrogens is 318 g/mol. The van der Waals surface area contributed by atoms with Gasteiger partial charge in [0.25, 0.3) is 0 Å². The summed E-state index contributed by atoms with van der Waals surface area (Å²) >= 11 is 0. The largest absolute Gasteiger partial charge is 0.493 e. The Balaban J connectivity index is 1.77. The fraction of sp³-hybridized carbons (Fsp3) is 0.263. The van der Waals surface area contributed by atoms with Crippen molar-refractivity contribution in [1.82, 2.24) is 5.32 Å². The number of rotatable bonds is 6. The summed E-state index contributed by atoms with van der Waals surface area (Å²) in [6, 6.07) is 12.5. The number of hydrogen-bond acceptors (Lipinski definition) is 3. The first-order chi connectivity index (χ1) is 12.0. The number of ether oxygens (including phenoxy) is 1. The van der Waals surface area contributed by atoms with Crippen LogP contribution in [0.2, 0.25) is 0 Å². The van der Waals surface area contributed by atoms with Gasteiger partial charge in [-0.05, 0) is 61.4 Å². The number of benzene rings is 2. The van der Waals surface area contributed by atoms with Crippen molar-refractivity contribution < 1.29 is 14.3 Å². The molecule has 0 saturated heterocycles. The van der Waals surface area contributed by atoms with Gasteiger partial charge in [-0.25, -0.2) is 4.79 Å². The molecule has 0 aliphatic rings. The van der Waals surface area contributed by atoms with Crippen LogP contribution in [0.5, 0.6) is 5.75 Å². The standard InChI is InChI=1S/C19H23N3O3/c1-13-4-9-17(12-14(13)2)25-11-10-18(23)21-15-5-7-16(8-6-15)22-19(24)20-3/h4-9,12H,10-11H2,1-3H3,(H,21,23)(H2,20,22,24). The van der Waals surface area contributed by atoms with Crippen LogP contribution in [0.1, 0.15) is 17.5 Å². The van der Waals surface area contributed by atoms with Gasteiger partial charge in [-0.15, -0.1) is 0 Å². The molecule has 0 radical (unpaired) electrons. The van der Waals surface area contributed by atoms with E-state index in [2.05, 4.69) is 16.0 Å². The highest BCUT2D eigenvalue weighted by atomic mass is 16.5. The second-order valence-electron chi connectivity index (χ2n) is 5.67. The predicted octanol–water partition coefficient (Wildman–Crippen LogP) is 3.46. The van der Waals surface area contributed by atoms with Crippen LogP contribution in [0.25, 0.3) is 0 Å². The number of aryl methyl sites for hydroxylation is 2. The molecule has 0 fully saturated rings. The molecule has 3 amide bonds. The van der Waals surface area contributed by atoms with Gasteiger partial charge in [0.1, 0.15) is 5.75 Å². The third-order valence-electron chi connectivity index (χ3n) is 3.73. The topological polar surface area (TPSA) is 79.5 Å². The molecule has 0 unspecified atom stereocenters. The van der Waals surface area contributed by atoms with Crippen molar-refractivity contribution in [3.8, 4) is 5.75 Å². The molecule has 0 aromatic heterocycles. The molecule has 2 aromatic carbocycles. The van der Waals surface area contributed by atoms with E-state index < -0.39 is 0 Å². The molecule has 0 aliphatic carbocycles. The van der Waals surface area contributed by atoms with E-state index in [0.717, 1.165) is 11.3 Å². The van der Waals surface area contributed by atoms with E-state index in [-0.39, 0.29) is 18.4 Å². The Bertz CT molecular complexity index is 742. The normalized spacial score (nSPS) is 10.0. The molecule has 6 heteroatoms. The maximum absolute atomic E-state index is 12.0. The van der Waals surface area contributed by atoms with Crippen molar-refractivity contribution >= 4 is 23.3 Å². The first-order valence-electron chi connectivity index (χ1n) is 8.06. The van der Waals surface area contributed by atoms with Gasteiger partial charge >= 0.3 is 6.03 Å². The van der Waals surface area contributed by atoms with Crippen molar-refractivity contribution in [2.75, 3.05) is 24.3 Å². The molecule has 2 aromatic rings. The number of anilines is 2. The van der Waals surface area contributed by atoms with Gasteiger partial charge in [-0.2, -0.15) is 0 Å². The van der Waals surface area contributed by atoms with Crippen LogP contribution in [-0.4, -0.2) is 25.6 Å². The first kappa shape index (κ1) is 18.3. The molecule has 0 heterocycles. The minimum Gasteiger partial charge on any atom is -0.493 e. The Morgan fingerprint density at radius 2 is 1.56 bits per heavy atom. The summed E-state index contributed by atoms with van der Waals surface area (Å²) in [6.07, 6.45) is 0.255. The second kappa shape index (κ2) is 8.73. The lowest BCUT2D eigenvalue weighted by Gasteiger charge is -2.09. The van der Waals surface area contributed by atoms with Crippen molar-refractivity contribution in [2.24, 2.45) is 0 Å². The quantitative estimate of drug-likeness (QED) is 0.753. The number of amides is 3. The van der Waals surface area contributed by atoms with E-state index in [1.165, 1.54) is 5.56 Å². The fourth-order valence-corrected chi connectivity index (χ4v) is 2.12. The smallest absolute Gasteiger partial charge is 0.318 e. The van der Waals surface area contributed by atoms with E-state index in [1.54, 1.807) is 31.3 Å². The van der Waals surface area contributed by atoms with E-state index in [9.17, 15) is 9.59 Å². The SMILES string of the molecule is CNC(=O)Nc1ccc(NC(=O)CCOc2ccc(C)c(C)c2)cc1. The molecule has 25 heavy (non-hydrogen) atoms. The third kappa shape index (κ3) is 5.84. The summed E-state index contributed by atoms with van der Waals surface area (Å²) in [6.45, 7) is 4.38. The van der Waals surface area contributed by atoms with E-state index in [4.69, 9.17) is 4.74 Å². The maximum Gasteiger partial charge on any atom is 0.318 e. The highest BCUT2D eigenvalue weighted by Crippen LogP contribution is 2.17. The van der Waals surface area contributed by atoms with Crippen LogP contribution in [0.4, 0.5) is 16.2 Å². The van der Waals surface area contributed by atoms with E-state index in [1.807, 2.05) is 32.0 Å². The zero-order valence-electron chi connectivity index (χ0n) is 14.7. The Morgan fingerprint density at radius 3 is 2.16 bits per heavy atom. The third-order valence-corrected chi connectivity index (χ3v) is 3.73. The summed E-state index contributed by atoms with van der Waals surface area (Å²) in [5.74, 6) is 0.636. The van der Waals surface area contributed by atoms with Crippen LogP contribution in [0, 0.1) is 13.8 Å². The zero-order valence-corrected chi connectivity index (χ0v) is 14.7. The molecule has 0 bridgehead atoms. The monoisotopic (exact) mass is 341 g/mol. The van der Waals surface area contributed by atoms with Gasteiger partial charge in [0.15, 0.2) is 0 Å². The molecule has 3 N–H and O–H groups in total. The fourth-order valence-electron chi connectivity index (χ4n) is 2.12. The number of urea groups is 1.